The number of methoxy groups -OCH3 is 1. The summed E-state index contributed by atoms with van der Waals surface area (Å²) in [5, 5.41) is 10.4. The van der Waals surface area contributed by atoms with Gasteiger partial charge in [-0.1, -0.05) is 22.9 Å². The van der Waals surface area contributed by atoms with Gasteiger partial charge in [0.05, 0.1) is 7.11 Å². The van der Waals surface area contributed by atoms with Crippen LogP contribution in [0, 0.1) is 0 Å². The Morgan fingerprint density at radius 1 is 1.54 bits per heavy atom. The molecule has 3 heteroatoms. The molecule has 0 amide bonds. The van der Waals surface area contributed by atoms with E-state index < -0.39 is 0 Å². The first-order valence-corrected chi connectivity index (χ1v) is 5.24. The van der Waals surface area contributed by atoms with E-state index in [4.69, 9.17) is 4.74 Å². The maximum atomic E-state index is 9.56. The largest absolute Gasteiger partial charge is 0.508 e. The van der Waals surface area contributed by atoms with Crippen molar-refractivity contribution in [2.75, 3.05) is 12.4 Å². The number of benzene rings is 1. The summed E-state index contributed by atoms with van der Waals surface area (Å²) >= 11 is 3.38. The molecule has 0 aromatic heterocycles. The first-order valence-electron chi connectivity index (χ1n) is 4.12. The van der Waals surface area contributed by atoms with Crippen molar-refractivity contribution in [3.05, 3.63) is 23.8 Å². The zero-order chi connectivity index (χ0) is 9.84. The van der Waals surface area contributed by atoms with Gasteiger partial charge in [-0.15, -0.1) is 0 Å². The maximum Gasteiger partial charge on any atom is 0.119 e. The number of phenolic OH excluding ortho intramolecular Hbond substituents is 1. The summed E-state index contributed by atoms with van der Waals surface area (Å²) in [4.78, 5) is 0. The first kappa shape index (κ1) is 10.4. The molecule has 0 heterocycles. The molecule has 2 nitrogen and oxygen atoms in total. The molecule has 1 aromatic rings. The molecule has 1 N–H and O–H groups in total. The first-order chi connectivity index (χ1) is 6.19. The molecule has 0 aliphatic carbocycles. The summed E-state index contributed by atoms with van der Waals surface area (Å²) in [7, 11) is 1.62. The fourth-order valence-electron chi connectivity index (χ4n) is 1.14. The van der Waals surface area contributed by atoms with Crippen molar-refractivity contribution in [2.24, 2.45) is 0 Å². The lowest BCUT2D eigenvalue weighted by Crippen LogP contribution is -1.95. The Morgan fingerprint density at radius 2 is 2.23 bits per heavy atom. The van der Waals surface area contributed by atoms with Gasteiger partial charge in [0.1, 0.15) is 11.5 Å². The van der Waals surface area contributed by atoms with Crippen LogP contribution in [0.4, 0.5) is 0 Å². The molecule has 0 saturated heterocycles. The fraction of sp³-hybridized carbons (Fsp3) is 0.400. The molecule has 1 unspecified atom stereocenters. The van der Waals surface area contributed by atoms with Gasteiger partial charge < -0.3 is 9.84 Å². The number of hydrogen-bond donors (Lipinski definition) is 1. The van der Waals surface area contributed by atoms with Crippen molar-refractivity contribution < 1.29 is 9.84 Å². The predicted molar refractivity (Wildman–Crippen MR) is 56.9 cm³/mol. The zero-order valence-electron chi connectivity index (χ0n) is 7.75. The molecule has 0 aliphatic rings. The van der Waals surface area contributed by atoms with Gasteiger partial charge in [0.2, 0.25) is 0 Å². The quantitative estimate of drug-likeness (QED) is 0.829. The summed E-state index contributed by atoms with van der Waals surface area (Å²) in [6.45, 7) is 2.04. The number of phenols is 1. The Hall–Kier alpha value is -0.700. The molecule has 1 aromatic carbocycles. The van der Waals surface area contributed by atoms with Crippen LogP contribution < -0.4 is 4.74 Å². The van der Waals surface area contributed by atoms with Crippen molar-refractivity contribution in [3.8, 4) is 11.5 Å². The van der Waals surface area contributed by atoms with Crippen LogP contribution in [0.15, 0.2) is 18.2 Å². The summed E-state index contributed by atoms with van der Waals surface area (Å²) in [6, 6.07) is 5.27. The second-order valence-corrected chi connectivity index (χ2v) is 3.63. The summed E-state index contributed by atoms with van der Waals surface area (Å²) in [5.41, 5.74) is 0.913. The molecule has 0 fully saturated rings. The number of aromatic hydroxyl groups is 1. The minimum atomic E-state index is 0.287. The molecule has 0 bridgehead atoms. The molecule has 1 rings (SSSR count). The van der Waals surface area contributed by atoms with E-state index in [1.807, 2.05) is 13.0 Å². The second kappa shape index (κ2) is 4.51. The van der Waals surface area contributed by atoms with Gasteiger partial charge in [0.25, 0.3) is 0 Å². The van der Waals surface area contributed by atoms with E-state index >= 15 is 0 Å². The van der Waals surface area contributed by atoms with Gasteiger partial charge >= 0.3 is 0 Å². The van der Waals surface area contributed by atoms with Crippen molar-refractivity contribution in [1.82, 2.24) is 0 Å². The van der Waals surface area contributed by atoms with Gasteiger partial charge in [0, 0.05) is 10.9 Å². The zero-order valence-corrected chi connectivity index (χ0v) is 9.34. The minimum Gasteiger partial charge on any atom is -0.508 e. The average molecular weight is 245 g/mol. The maximum absolute atomic E-state index is 9.56. The van der Waals surface area contributed by atoms with Gasteiger partial charge in [0.15, 0.2) is 0 Å². The van der Waals surface area contributed by atoms with E-state index in [9.17, 15) is 5.11 Å². The lowest BCUT2D eigenvalue weighted by molar-refractivity contribution is 0.410. The number of alkyl halides is 1. The van der Waals surface area contributed by atoms with Crippen LogP contribution in [0.5, 0.6) is 11.5 Å². The van der Waals surface area contributed by atoms with E-state index in [0.717, 1.165) is 16.6 Å². The second-order valence-electron chi connectivity index (χ2n) is 2.98. The smallest absolute Gasteiger partial charge is 0.119 e. The van der Waals surface area contributed by atoms with Crippen LogP contribution in [0.25, 0.3) is 0 Å². The van der Waals surface area contributed by atoms with Gasteiger partial charge in [-0.05, 0) is 24.1 Å². The van der Waals surface area contributed by atoms with Gasteiger partial charge in [-0.25, -0.2) is 0 Å². The molecule has 0 aliphatic heterocycles. The summed E-state index contributed by atoms with van der Waals surface area (Å²) in [5.74, 6) is 1.39. The van der Waals surface area contributed by atoms with Crippen molar-refractivity contribution in [3.63, 3.8) is 0 Å². The Balaban J connectivity index is 3.03. The van der Waals surface area contributed by atoms with E-state index in [2.05, 4.69) is 15.9 Å². The van der Waals surface area contributed by atoms with Gasteiger partial charge in [-0.3, -0.25) is 0 Å². The van der Waals surface area contributed by atoms with Crippen LogP contribution in [0.2, 0.25) is 0 Å². The number of ether oxygens (including phenoxy) is 1. The standard InChI is InChI=1S/C10H13BrO2/c1-7(6-11)9-5-8(13-2)3-4-10(9)12/h3-5,7,12H,6H2,1-2H3. The van der Waals surface area contributed by atoms with Crippen LogP contribution >= 0.6 is 15.9 Å². The number of halogens is 1. The molecule has 0 radical (unpaired) electrons. The van der Waals surface area contributed by atoms with E-state index in [1.165, 1.54) is 0 Å². The predicted octanol–water partition coefficient (Wildman–Crippen LogP) is 2.90. The Labute approximate surface area is 86.7 Å². The van der Waals surface area contributed by atoms with Crippen LogP contribution in [-0.4, -0.2) is 17.5 Å². The summed E-state index contributed by atoms with van der Waals surface area (Å²) in [6.07, 6.45) is 0. The molecule has 1 atom stereocenters. The minimum absolute atomic E-state index is 0.287. The van der Waals surface area contributed by atoms with Crippen molar-refractivity contribution in [1.29, 1.82) is 0 Å². The SMILES string of the molecule is COc1ccc(O)c(C(C)CBr)c1. The molecule has 72 valence electrons. The Bertz CT molecular complexity index is 286. The van der Waals surface area contributed by atoms with E-state index in [-0.39, 0.29) is 5.92 Å². The van der Waals surface area contributed by atoms with E-state index in [0.29, 0.717) is 5.75 Å². The van der Waals surface area contributed by atoms with E-state index in [1.54, 1.807) is 19.2 Å². The fourth-order valence-corrected chi connectivity index (χ4v) is 1.49. The van der Waals surface area contributed by atoms with Crippen LogP contribution in [0.1, 0.15) is 18.4 Å². The lowest BCUT2D eigenvalue weighted by atomic mass is 10.0. The third-order valence-corrected chi connectivity index (χ3v) is 2.97. The van der Waals surface area contributed by atoms with Gasteiger partial charge in [-0.2, -0.15) is 0 Å². The third-order valence-electron chi connectivity index (χ3n) is 2.00. The molecule has 0 saturated carbocycles. The normalized spacial score (nSPS) is 12.5. The number of rotatable bonds is 3. The van der Waals surface area contributed by atoms with Crippen molar-refractivity contribution >= 4 is 15.9 Å². The topological polar surface area (TPSA) is 29.5 Å². The highest BCUT2D eigenvalue weighted by atomic mass is 79.9. The Kier molecular flexibility index (Phi) is 3.60. The van der Waals surface area contributed by atoms with Crippen molar-refractivity contribution in [2.45, 2.75) is 12.8 Å². The molecular formula is C10H13BrO2. The molecule has 13 heavy (non-hydrogen) atoms. The third kappa shape index (κ3) is 2.37. The molecule has 0 spiro atoms. The van der Waals surface area contributed by atoms with Crippen LogP contribution in [0.3, 0.4) is 0 Å². The highest BCUT2D eigenvalue weighted by Crippen LogP contribution is 2.30. The Morgan fingerprint density at radius 3 is 2.77 bits per heavy atom. The average Bonchev–Trinajstić information content (AvgIpc) is 2.17. The highest BCUT2D eigenvalue weighted by Gasteiger charge is 2.09. The lowest BCUT2D eigenvalue weighted by Gasteiger charge is -2.11. The van der Waals surface area contributed by atoms with Crippen LogP contribution in [-0.2, 0) is 0 Å². The number of hydrogen-bond acceptors (Lipinski definition) is 2. The monoisotopic (exact) mass is 244 g/mol. The highest BCUT2D eigenvalue weighted by molar-refractivity contribution is 9.09. The molecular weight excluding hydrogens is 232 g/mol. The summed E-state index contributed by atoms with van der Waals surface area (Å²) < 4.78 is 5.08.